The molecule has 1 heterocycles. The van der Waals surface area contributed by atoms with Gasteiger partial charge in [0.2, 0.25) is 5.91 Å². The number of urea groups is 1. The van der Waals surface area contributed by atoms with Crippen LogP contribution in [0, 0.1) is 5.92 Å². The lowest BCUT2D eigenvalue weighted by Crippen LogP contribution is -2.44. The maximum atomic E-state index is 12.7. The molecule has 6 nitrogen and oxygen atoms in total. The number of rotatable bonds is 5. The number of hydrogen-bond acceptors (Lipinski definition) is 3. The molecule has 1 atom stereocenters. The topological polar surface area (TPSA) is 70.7 Å². The fourth-order valence-electron chi connectivity index (χ4n) is 3.50. The number of piperidine rings is 1. The quantitative estimate of drug-likeness (QED) is 0.827. The molecule has 0 saturated carbocycles. The average Bonchev–Trinajstić information content (AvgIpc) is 2.74. The lowest BCUT2D eigenvalue weighted by molar-refractivity contribution is -0.126. The van der Waals surface area contributed by atoms with Crippen LogP contribution in [0.2, 0.25) is 0 Å². The first-order chi connectivity index (χ1) is 13.6. The van der Waals surface area contributed by atoms with Crippen LogP contribution in [0.4, 0.5) is 10.5 Å². The van der Waals surface area contributed by atoms with Crippen molar-refractivity contribution in [1.82, 2.24) is 10.2 Å². The summed E-state index contributed by atoms with van der Waals surface area (Å²) < 4.78 is 5.38. The molecule has 2 aromatic carbocycles. The van der Waals surface area contributed by atoms with Gasteiger partial charge in [-0.1, -0.05) is 36.4 Å². The third kappa shape index (κ3) is 4.82. The van der Waals surface area contributed by atoms with Gasteiger partial charge in [-0.3, -0.25) is 4.79 Å². The van der Waals surface area contributed by atoms with Gasteiger partial charge in [0.1, 0.15) is 5.75 Å². The average molecular weight is 381 g/mol. The van der Waals surface area contributed by atoms with Crippen molar-refractivity contribution >= 4 is 17.6 Å². The van der Waals surface area contributed by atoms with Gasteiger partial charge in [0.05, 0.1) is 13.2 Å². The van der Waals surface area contributed by atoms with Crippen molar-refractivity contribution in [3.63, 3.8) is 0 Å². The summed E-state index contributed by atoms with van der Waals surface area (Å²) in [5.74, 6) is 0.710. The summed E-state index contributed by atoms with van der Waals surface area (Å²) in [6, 6.07) is 16.8. The Balaban J connectivity index is 1.50. The summed E-state index contributed by atoms with van der Waals surface area (Å²) in [6.45, 7) is 3.10. The van der Waals surface area contributed by atoms with E-state index in [2.05, 4.69) is 10.6 Å². The molecule has 3 amide bonds. The Morgan fingerprint density at radius 2 is 1.68 bits per heavy atom. The molecular formula is C22H27N3O3. The number of likely N-dealkylation sites (tertiary alicyclic amines) is 1. The molecule has 148 valence electrons. The lowest BCUT2D eigenvalue weighted by atomic mass is 9.95. The molecule has 0 aliphatic carbocycles. The number of anilines is 1. The van der Waals surface area contributed by atoms with Crippen molar-refractivity contribution in [2.45, 2.75) is 25.8 Å². The zero-order chi connectivity index (χ0) is 19.9. The van der Waals surface area contributed by atoms with E-state index in [1.54, 1.807) is 12.0 Å². The predicted octanol–water partition coefficient (Wildman–Crippen LogP) is 3.82. The van der Waals surface area contributed by atoms with Crippen molar-refractivity contribution in [2.75, 3.05) is 25.5 Å². The highest BCUT2D eigenvalue weighted by atomic mass is 16.5. The van der Waals surface area contributed by atoms with E-state index < -0.39 is 0 Å². The Morgan fingerprint density at radius 1 is 1.04 bits per heavy atom. The second-order valence-corrected chi connectivity index (χ2v) is 7.03. The van der Waals surface area contributed by atoms with E-state index in [-0.39, 0.29) is 23.9 Å². The van der Waals surface area contributed by atoms with Gasteiger partial charge >= 0.3 is 6.03 Å². The van der Waals surface area contributed by atoms with E-state index in [4.69, 9.17) is 4.74 Å². The number of methoxy groups -OCH3 is 1. The molecule has 1 fully saturated rings. The van der Waals surface area contributed by atoms with E-state index >= 15 is 0 Å². The summed E-state index contributed by atoms with van der Waals surface area (Å²) in [5.41, 5.74) is 1.73. The maximum absolute atomic E-state index is 12.7. The SMILES string of the molecule is COc1ccccc1[C@H](C)NC(=O)C1CCN(C(=O)Nc2ccccc2)CC1. The van der Waals surface area contributed by atoms with E-state index in [0.29, 0.717) is 25.9 Å². The van der Waals surface area contributed by atoms with E-state index in [1.807, 2.05) is 61.5 Å². The van der Waals surface area contributed by atoms with Gasteiger partial charge in [-0.25, -0.2) is 4.79 Å². The fourth-order valence-corrected chi connectivity index (χ4v) is 3.50. The summed E-state index contributed by atoms with van der Waals surface area (Å²) in [6.07, 6.45) is 1.32. The predicted molar refractivity (Wildman–Crippen MR) is 109 cm³/mol. The van der Waals surface area contributed by atoms with Crippen LogP contribution in [-0.2, 0) is 4.79 Å². The highest BCUT2D eigenvalue weighted by Crippen LogP contribution is 2.26. The van der Waals surface area contributed by atoms with E-state index in [0.717, 1.165) is 17.0 Å². The molecule has 28 heavy (non-hydrogen) atoms. The van der Waals surface area contributed by atoms with Crippen molar-refractivity contribution in [2.24, 2.45) is 5.92 Å². The highest BCUT2D eigenvalue weighted by molar-refractivity contribution is 5.89. The molecule has 1 aliphatic rings. The summed E-state index contributed by atoms with van der Waals surface area (Å²) in [5, 5.41) is 5.98. The Morgan fingerprint density at radius 3 is 2.36 bits per heavy atom. The number of amides is 3. The molecule has 2 N–H and O–H groups in total. The van der Waals surface area contributed by atoms with Crippen molar-refractivity contribution in [3.8, 4) is 5.75 Å². The van der Waals surface area contributed by atoms with Gasteiger partial charge < -0.3 is 20.3 Å². The Bertz CT molecular complexity index is 802. The molecule has 6 heteroatoms. The molecule has 3 rings (SSSR count). The Hall–Kier alpha value is -3.02. The first-order valence-electron chi connectivity index (χ1n) is 9.62. The Labute approximate surface area is 165 Å². The maximum Gasteiger partial charge on any atom is 0.321 e. The number of para-hydroxylation sites is 2. The number of nitrogens with zero attached hydrogens (tertiary/aromatic N) is 1. The standard InChI is InChI=1S/C22H27N3O3/c1-16(19-10-6-7-11-20(19)28-2)23-21(26)17-12-14-25(15-13-17)22(27)24-18-8-4-3-5-9-18/h3-11,16-17H,12-15H2,1-2H3,(H,23,26)(H,24,27)/t16-/m0/s1. The minimum atomic E-state index is -0.136. The first-order valence-corrected chi connectivity index (χ1v) is 9.62. The lowest BCUT2D eigenvalue weighted by Gasteiger charge is -2.32. The molecule has 0 bridgehead atoms. The zero-order valence-electron chi connectivity index (χ0n) is 16.4. The summed E-state index contributed by atoms with van der Waals surface area (Å²) in [4.78, 5) is 26.8. The number of benzene rings is 2. The van der Waals surface area contributed by atoms with Gasteiger partial charge in [0.25, 0.3) is 0 Å². The number of nitrogens with one attached hydrogen (secondary N) is 2. The summed E-state index contributed by atoms with van der Waals surface area (Å²) in [7, 11) is 1.63. The minimum absolute atomic E-state index is 0.0292. The molecule has 0 unspecified atom stereocenters. The van der Waals surface area contributed by atoms with Crippen LogP contribution in [0.25, 0.3) is 0 Å². The smallest absolute Gasteiger partial charge is 0.321 e. The largest absolute Gasteiger partial charge is 0.496 e. The van der Waals surface area contributed by atoms with Crippen LogP contribution in [0.5, 0.6) is 5.75 Å². The molecular weight excluding hydrogens is 354 g/mol. The third-order valence-corrected chi connectivity index (χ3v) is 5.14. The molecule has 1 aliphatic heterocycles. The fraction of sp³-hybridized carbons (Fsp3) is 0.364. The van der Waals surface area contributed by atoms with Crippen LogP contribution in [0.1, 0.15) is 31.4 Å². The van der Waals surface area contributed by atoms with Gasteiger partial charge in [0, 0.05) is 30.3 Å². The number of carbonyl (C=O) groups excluding carboxylic acids is 2. The highest BCUT2D eigenvalue weighted by Gasteiger charge is 2.28. The number of hydrogen-bond donors (Lipinski definition) is 2. The van der Waals surface area contributed by atoms with Gasteiger partial charge in [-0.15, -0.1) is 0 Å². The monoisotopic (exact) mass is 381 g/mol. The molecule has 0 spiro atoms. The van der Waals surface area contributed by atoms with Gasteiger partial charge in [0.15, 0.2) is 0 Å². The molecule has 1 saturated heterocycles. The van der Waals surface area contributed by atoms with Crippen LogP contribution < -0.4 is 15.4 Å². The molecule has 2 aromatic rings. The minimum Gasteiger partial charge on any atom is -0.496 e. The van der Waals surface area contributed by atoms with Crippen LogP contribution in [0.15, 0.2) is 54.6 Å². The van der Waals surface area contributed by atoms with E-state index in [9.17, 15) is 9.59 Å². The van der Waals surface area contributed by atoms with Gasteiger partial charge in [-0.2, -0.15) is 0 Å². The first kappa shape index (κ1) is 19.7. The van der Waals surface area contributed by atoms with Crippen molar-refractivity contribution < 1.29 is 14.3 Å². The zero-order valence-corrected chi connectivity index (χ0v) is 16.4. The van der Waals surface area contributed by atoms with Crippen LogP contribution in [-0.4, -0.2) is 37.0 Å². The van der Waals surface area contributed by atoms with Gasteiger partial charge in [-0.05, 0) is 38.0 Å². The van der Waals surface area contributed by atoms with Crippen molar-refractivity contribution in [1.29, 1.82) is 0 Å². The van der Waals surface area contributed by atoms with Crippen LogP contribution >= 0.6 is 0 Å². The molecule has 0 aromatic heterocycles. The molecule has 0 radical (unpaired) electrons. The third-order valence-electron chi connectivity index (χ3n) is 5.14. The van der Waals surface area contributed by atoms with Crippen LogP contribution in [0.3, 0.4) is 0 Å². The summed E-state index contributed by atoms with van der Waals surface area (Å²) >= 11 is 0. The second kappa shape index (κ2) is 9.26. The van der Waals surface area contributed by atoms with Crippen molar-refractivity contribution in [3.05, 3.63) is 60.2 Å². The number of ether oxygens (including phenoxy) is 1. The normalized spacial score (nSPS) is 15.6. The Kier molecular flexibility index (Phi) is 6.53. The van der Waals surface area contributed by atoms with E-state index in [1.165, 1.54) is 0 Å². The number of carbonyl (C=O) groups is 2. The second-order valence-electron chi connectivity index (χ2n) is 7.03.